The van der Waals surface area contributed by atoms with E-state index < -0.39 is 7.26 Å². The summed E-state index contributed by atoms with van der Waals surface area (Å²) in [6, 6.07) is 42.1. The van der Waals surface area contributed by atoms with Crippen molar-refractivity contribution in [2.24, 2.45) is 0 Å². The zero-order chi connectivity index (χ0) is 21.1. The zero-order valence-electron chi connectivity index (χ0n) is 17.7. The molecule has 0 aromatic heterocycles. The standard InChI is InChI=1S/C28H25NOP.BrH/c30-28-27(21-22-29(28)23-13-5-1-6-14-23)31(24-15-7-2-8-16-24,25-17-9-3-10-18-25)26-19-11-4-12-20-26;/h1-20,27H,21-22H2;1H/q+1;/p-1. The van der Waals surface area contributed by atoms with E-state index in [2.05, 4.69) is 91.0 Å². The Balaban J connectivity index is 0.00000245. The molecule has 4 aromatic rings. The van der Waals surface area contributed by atoms with Gasteiger partial charge in [0.25, 0.3) is 5.91 Å². The van der Waals surface area contributed by atoms with E-state index in [-0.39, 0.29) is 28.5 Å². The van der Waals surface area contributed by atoms with E-state index in [4.69, 9.17) is 0 Å². The highest BCUT2D eigenvalue weighted by atomic mass is 79.9. The number of hydrogen-bond acceptors (Lipinski definition) is 1. The molecule has 0 aliphatic carbocycles. The molecule has 0 bridgehead atoms. The molecule has 160 valence electrons. The van der Waals surface area contributed by atoms with Gasteiger partial charge in [-0.2, -0.15) is 0 Å². The molecular weight excluding hydrogens is 477 g/mol. The third-order valence-corrected chi connectivity index (χ3v) is 11.0. The minimum Gasteiger partial charge on any atom is -1.00 e. The molecule has 1 heterocycles. The number of amides is 1. The maximum atomic E-state index is 14.0. The Kier molecular flexibility index (Phi) is 6.89. The lowest BCUT2D eigenvalue weighted by Crippen LogP contribution is -3.00. The van der Waals surface area contributed by atoms with Crippen LogP contribution in [0, 0.1) is 0 Å². The highest BCUT2D eigenvalue weighted by Crippen LogP contribution is 2.62. The summed E-state index contributed by atoms with van der Waals surface area (Å²) < 4.78 is 0. The van der Waals surface area contributed by atoms with Gasteiger partial charge < -0.3 is 21.9 Å². The summed E-state index contributed by atoms with van der Waals surface area (Å²) in [6.07, 6.45) is 0.847. The Bertz CT molecular complexity index is 1060. The van der Waals surface area contributed by atoms with Crippen molar-refractivity contribution < 1.29 is 21.8 Å². The minimum atomic E-state index is -2.21. The molecule has 5 rings (SSSR count). The summed E-state index contributed by atoms with van der Waals surface area (Å²) in [5.41, 5.74) is 0.905. The van der Waals surface area contributed by atoms with Gasteiger partial charge in [-0.05, 0) is 48.5 Å². The number of carbonyl (C=O) groups is 1. The molecule has 2 nitrogen and oxygen atoms in total. The molecule has 1 aliphatic rings. The summed E-state index contributed by atoms with van der Waals surface area (Å²) in [7, 11) is -2.21. The minimum absolute atomic E-state index is 0. The van der Waals surface area contributed by atoms with Gasteiger partial charge in [0, 0.05) is 18.7 Å². The molecule has 0 N–H and O–H groups in total. The molecular formula is C28H25BrNOP. The van der Waals surface area contributed by atoms with Crippen LogP contribution in [-0.2, 0) is 4.79 Å². The molecule has 0 radical (unpaired) electrons. The van der Waals surface area contributed by atoms with Crippen LogP contribution in [0.25, 0.3) is 0 Å². The van der Waals surface area contributed by atoms with Gasteiger partial charge >= 0.3 is 0 Å². The monoisotopic (exact) mass is 501 g/mol. The normalized spacial score (nSPS) is 15.9. The quantitative estimate of drug-likeness (QED) is 0.382. The number of para-hydroxylation sites is 1. The van der Waals surface area contributed by atoms with Crippen LogP contribution in [0.4, 0.5) is 5.69 Å². The average Bonchev–Trinajstić information content (AvgIpc) is 3.24. The van der Waals surface area contributed by atoms with Crippen molar-refractivity contribution in [3.05, 3.63) is 121 Å². The SMILES string of the molecule is O=C1C([P+](c2ccccc2)(c2ccccc2)c2ccccc2)CCN1c1ccccc1.[Br-]. The van der Waals surface area contributed by atoms with E-state index in [0.29, 0.717) is 0 Å². The van der Waals surface area contributed by atoms with Gasteiger partial charge in [-0.15, -0.1) is 0 Å². The Morgan fingerprint density at radius 3 is 1.38 bits per heavy atom. The fourth-order valence-electron chi connectivity index (χ4n) is 4.86. The highest BCUT2D eigenvalue weighted by Gasteiger charge is 2.58. The van der Waals surface area contributed by atoms with E-state index in [1.54, 1.807) is 0 Å². The van der Waals surface area contributed by atoms with E-state index in [1.807, 2.05) is 35.2 Å². The van der Waals surface area contributed by atoms with Crippen LogP contribution >= 0.6 is 7.26 Å². The second-order valence-electron chi connectivity index (χ2n) is 7.86. The molecule has 0 saturated carbocycles. The summed E-state index contributed by atoms with van der Waals surface area (Å²) in [6.45, 7) is 0.752. The maximum absolute atomic E-state index is 14.0. The number of anilines is 1. The molecule has 1 saturated heterocycles. The molecule has 0 spiro atoms. The van der Waals surface area contributed by atoms with Crippen LogP contribution in [0.3, 0.4) is 0 Å². The smallest absolute Gasteiger partial charge is 0.268 e. The van der Waals surface area contributed by atoms with Crippen LogP contribution in [-0.4, -0.2) is 18.1 Å². The number of nitrogens with zero attached hydrogens (tertiary/aromatic N) is 1. The number of rotatable bonds is 5. The first kappa shape index (κ1) is 22.5. The largest absolute Gasteiger partial charge is 1.00 e. The zero-order valence-corrected chi connectivity index (χ0v) is 20.2. The van der Waals surface area contributed by atoms with Crippen molar-refractivity contribution in [3.8, 4) is 0 Å². The lowest BCUT2D eigenvalue weighted by molar-refractivity contribution is -0.116. The molecule has 4 heteroatoms. The first-order chi connectivity index (χ1) is 15.3. The van der Waals surface area contributed by atoms with E-state index in [1.165, 1.54) is 15.9 Å². The van der Waals surface area contributed by atoms with Gasteiger partial charge in [-0.1, -0.05) is 72.8 Å². The van der Waals surface area contributed by atoms with Crippen LogP contribution in [0.5, 0.6) is 0 Å². The Morgan fingerprint density at radius 1 is 0.594 bits per heavy atom. The predicted octanol–water partition coefficient (Wildman–Crippen LogP) is 1.79. The van der Waals surface area contributed by atoms with Gasteiger partial charge in [-0.3, -0.25) is 4.79 Å². The number of carbonyl (C=O) groups excluding carboxylic acids is 1. The molecule has 4 aromatic carbocycles. The Morgan fingerprint density at radius 2 is 0.969 bits per heavy atom. The van der Waals surface area contributed by atoms with Crippen LogP contribution in [0.2, 0.25) is 0 Å². The molecule has 1 atom stereocenters. The van der Waals surface area contributed by atoms with Gasteiger partial charge in [0.1, 0.15) is 23.2 Å². The average molecular weight is 502 g/mol. The third kappa shape index (κ3) is 3.81. The lowest BCUT2D eigenvalue weighted by Gasteiger charge is -2.32. The fourth-order valence-corrected chi connectivity index (χ4v) is 9.74. The predicted molar refractivity (Wildman–Crippen MR) is 132 cm³/mol. The van der Waals surface area contributed by atoms with E-state index >= 15 is 0 Å². The fraction of sp³-hybridized carbons (Fsp3) is 0.107. The first-order valence-corrected chi connectivity index (χ1v) is 12.6. The summed E-state index contributed by atoms with van der Waals surface area (Å²) in [4.78, 5) is 16.0. The topological polar surface area (TPSA) is 20.3 Å². The summed E-state index contributed by atoms with van der Waals surface area (Å²) in [5.74, 6) is 0.232. The van der Waals surface area contributed by atoms with Crippen LogP contribution < -0.4 is 37.8 Å². The Labute approximate surface area is 201 Å². The number of hydrogen-bond donors (Lipinski definition) is 0. The summed E-state index contributed by atoms with van der Waals surface area (Å²) in [5, 5.41) is 3.79. The van der Waals surface area contributed by atoms with Crippen molar-refractivity contribution in [2.75, 3.05) is 11.4 Å². The number of benzene rings is 4. The number of halogens is 1. The molecule has 1 amide bonds. The van der Waals surface area contributed by atoms with Crippen molar-refractivity contribution >= 4 is 34.8 Å². The maximum Gasteiger partial charge on any atom is 0.268 e. The Hall–Kier alpha value is -2.74. The molecule has 1 unspecified atom stereocenters. The second-order valence-corrected chi connectivity index (χ2v) is 11.5. The summed E-state index contributed by atoms with van der Waals surface area (Å²) >= 11 is 0. The molecule has 1 aliphatic heterocycles. The third-order valence-electron chi connectivity index (χ3n) is 6.20. The van der Waals surface area contributed by atoms with Crippen molar-refractivity contribution in [2.45, 2.75) is 12.1 Å². The van der Waals surface area contributed by atoms with Gasteiger partial charge in [0.2, 0.25) is 0 Å². The van der Waals surface area contributed by atoms with Gasteiger partial charge in [0.15, 0.2) is 5.66 Å². The first-order valence-electron chi connectivity index (χ1n) is 10.7. The van der Waals surface area contributed by atoms with Crippen molar-refractivity contribution in [1.82, 2.24) is 0 Å². The van der Waals surface area contributed by atoms with Gasteiger partial charge in [0.05, 0.1) is 0 Å². The van der Waals surface area contributed by atoms with Crippen LogP contribution in [0.15, 0.2) is 121 Å². The van der Waals surface area contributed by atoms with Crippen LogP contribution in [0.1, 0.15) is 6.42 Å². The van der Waals surface area contributed by atoms with Crippen molar-refractivity contribution in [3.63, 3.8) is 0 Å². The molecule has 1 fully saturated rings. The second kappa shape index (κ2) is 9.81. The van der Waals surface area contributed by atoms with Crippen molar-refractivity contribution in [1.29, 1.82) is 0 Å². The van der Waals surface area contributed by atoms with E-state index in [0.717, 1.165) is 18.7 Å². The van der Waals surface area contributed by atoms with E-state index in [9.17, 15) is 4.79 Å². The molecule has 32 heavy (non-hydrogen) atoms. The highest BCUT2D eigenvalue weighted by molar-refractivity contribution is 7.97. The lowest BCUT2D eigenvalue weighted by atomic mass is 10.3. The van der Waals surface area contributed by atoms with Gasteiger partial charge in [-0.25, -0.2) is 0 Å².